The van der Waals surface area contributed by atoms with E-state index < -0.39 is 0 Å². The minimum atomic E-state index is 0.725. The first-order chi connectivity index (χ1) is 7.90. The predicted octanol–water partition coefficient (Wildman–Crippen LogP) is 3.94. The Morgan fingerprint density at radius 1 is 1.19 bits per heavy atom. The van der Waals surface area contributed by atoms with Crippen LogP contribution >= 0.6 is 12.6 Å². The van der Waals surface area contributed by atoms with E-state index in [1.807, 2.05) is 0 Å². The van der Waals surface area contributed by atoms with Crippen LogP contribution in [0.4, 0.5) is 0 Å². The molecule has 0 spiro atoms. The molecule has 3 aliphatic rings. The van der Waals surface area contributed by atoms with Crippen molar-refractivity contribution in [3.05, 3.63) is 47.6 Å². The number of hydrogen-bond donors (Lipinski definition) is 1. The van der Waals surface area contributed by atoms with Crippen LogP contribution in [-0.4, -0.2) is 5.75 Å². The molecular weight excluding hydrogens is 212 g/mol. The van der Waals surface area contributed by atoms with Crippen LogP contribution in [0.2, 0.25) is 0 Å². The average molecular weight is 230 g/mol. The van der Waals surface area contributed by atoms with Gasteiger partial charge in [-0.05, 0) is 53.9 Å². The standard InChI is InChI=1S/C15H18S/c16-10-15-13-7-3-1-5-11(13)9-12-6-2-4-8-14(12)15/h1-3,5-6,9,13-16H,4,7-8,10H2/t13-,14?,15?/m0/s1. The second-order valence-corrected chi connectivity index (χ2v) is 5.38. The Labute approximate surface area is 103 Å². The van der Waals surface area contributed by atoms with E-state index in [0.29, 0.717) is 0 Å². The number of fused-ring (bicyclic) bond motifs is 2. The fourth-order valence-electron chi connectivity index (χ4n) is 3.37. The van der Waals surface area contributed by atoms with Crippen molar-refractivity contribution >= 4 is 12.6 Å². The molecule has 3 atom stereocenters. The van der Waals surface area contributed by atoms with Gasteiger partial charge in [0.2, 0.25) is 0 Å². The van der Waals surface area contributed by atoms with E-state index in [0.717, 1.165) is 23.5 Å². The van der Waals surface area contributed by atoms with Crippen LogP contribution in [0.5, 0.6) is 0 Å². The maximum Gasteiger partial charge on any atom is -0.00577 e. The van der Waals surface area contributed by atoms with Gasteiger partial charge in [-0.25, -0.2) is 0 Å². The summed E-state index contributed by atoms with van der Waals surface area (Å²) in [6.45, 7) is 0. The molecule has 0 aromatic heterocycles. The van der Waals surface area contributed by atoms with Crippen molar-refractivity contribution in [3.63, 3.8) is 0 Å². The minimum Gasteiger partial charge on any atom is -0.179 e. The Morgan fingerprint density at radius 3 is 3.00 bits per heavy atom. The largest absolute Gasteiger partial charge is 0.179 e. The Balaban J connectivity index is 2.03. The SMILES string of the molecule is SCC1C2CCC=CC2=CC2=CC=CC[C@@H]21. The monoisotopic (exact) mass is 230 g/mol. The van der Waals surface area contributed by atoms with Gasteiger partial charge < -0.3 is 0 Å². The summed E-state index contributed by atoms with van der Waals surface area (Å²) in [4.78, 5) is 0. The molecule has 0 aliphatic heterocycles. The van der Waals surface area contributed by atoms with Crippen LogP contribution in [0.25, 0.3) is 0 Å². The van der Waals surface area contributed by atoms with E-state index in [9.17, 15) is 0 Å². The predicted molar refractivity (Wildman–Crippen MR) is 72.6 cm³/mol. The van der Waals surface area contributed by atoms with Crippen LogP contribution in [0.3, 0.4) is 0 Å². The molecule has 0 aromatic rings. The van der Waals surface area contributed by atoms with Crippen molar-refractivity contribution in [2.24, 2.45) is 17.8 Å². The molecule has 0 radical (unpaired) electrons. The summed E-state index contributed by atoms with van der Waals surface area (Å²) in [5.41, 5.74) is 3.07. The highest BCUT2D eigenvalue weighted by molar-refractivity contribution is 7.80. The fourth-order valence-corrected chi connectivity index (χ4v) is 3.88. The summed E-state index contributed by atoms with van der Waals surface area (Å²) in [6.07, 6.45) is 17.6. The highest BCUT2D eigenvalue weighted by Crippen LogP contribution is 2.45. The van der Waals surface area contributed by atoms with Crippen molar-refractivity contribution < 1.29 is 0 Å². The van der Waals surface area contributed by atoms with Crippen LogP contribution < -0.4 is 0 Å². The van der Waals surface area contributed by atoms with Gasteiger partial charge in [0.05, 0.1) is 0 Å². The van der Waals surface area contributed by atoms with Crippen molar-refractivity contribution in [1.29, 1.82) is 0 Å². The van der Waals surface area contributed by atoms with E-state index in [2.05, 4.69) is 49.1 Å². The van der Waals surface area contributed by atoms with Crippen LogP contribution in [-0.2, 0) is 0 Å². The molecule has 0 heterocycles. The molecule has 2 unspecified atom stereocenters. The quantitative estimate of drug-likeness (QED) is 0.648. The highest BCUT2D eigenvalue weighted by Gasteiger charge is 2.35. The molecular formula is C15H18S. The summed E-state index contributed by atoms with van der Waals surface area (Å²) in [5.74, 6) is 3.24. The van der Waals surface area contributed by atoms with E-state index in [-0.39, 0.29) is 0 Å². The number of thiol groups is 1. The fraction of sp³-hybridized carbons (Fsp3) is 0.467. The van der Waals surface area contributed by atoms with Gasteiger partial charge in [0, 0.05) is 0 Å². The molecule has 0 saturated heterocycles. The third kappa shape index (κ3) is 1.62. The number of hydrogen-bond acceptors (Lipinski definition) is 1. The molecule has 84 valence electrons. The molecule has 16 heavy (non-hydrogen) atoms. The Kier molecular flexibility index (Phi) is 2.81. The molecule has 0 bridgehead atoms. The van der Waals surface area contributed by atoms with E-state index in [1.165, 1.54) is 24.8 Å². The first-order valence-corrected chi connectivity index (χ1v) is 6.89. The van der Waals surface area contributed by atoms with E-state index in [1.54, 1.807) is 5.57 Å². The minimum absolute atomic E-state index is 0.725. The zero-order valence-electron chi connectivity index (χ0n) is 9.47. The molecule has 0 saturated carbocycles. The van der Waals surface area contributed by atoms with E-state index in [4.69, 9.17) is 0 Å². The second-order valence-electron chi connectivity index (χ2n) is 5.01. The number of rotatable bonds is 1. The van der Waals surface area contributed by atoms with Crippen LogP contribution in [0, 0.1) is 17.8 Å². The summed E-state index contributed by atoms with van der Waals surface area (Å²) in [5, 5.41) is 0. The summed E-state index contributed by atoms with van der Waals surface area (Å²) in [7, 11) is 0. The normalized spacial score (nSPS) is 36.2. The lowest BCUT2D eigenvalue weighted by atomic mass is 9.65. The lowest BCUT2D eigenvalue weighted by Crippen LogP contribution is -2.32. The highest BCUT2D eigenvalue weighted by atomic mass is 32.1. The van der Waals surface area contributed by atoms with E-state index >= 15 is 0 Å². The molecule has 3 rings (SSSR count). The lowest BCUT2D eigenvalue weighted by Gasteiger charge is -2.40. The third-order valence-corrected chi connectivity index (χ3v) is 4.63. The average Bonchev–Trinajstić information content (AvgIpc) is 2.36. The first kappa shape index (κ1) is 10.5. The summed E-state index contributed by atoms with van der Waals surface area (Å²) < 4.78 is 0. The smallest absolute Gasteiger partial charge is 0.00577 e. The van der Waals surface area contributed by atoms with Gasteiger partial charge in [-0.15, -0.1) is 0 Å². The second kappa shape index (κ2) is 4.29. The van der Waals surface area contributed by atoms with Gasteiger partial charge in [-0.2, -0.15) is 12.6 Å². The molecule has 1 heteroatoms. The summed E-state index contributed by atoms with van der Waals surface area (Å²) >= 11 is 4.59. The molecule has 3 aliphatic carbocycles. The van der Waals surface area contributed by atoms with Crippen molar-refractivity contribution in [2.75, 3.05) is 5.75 Å². The van der Waals surface area contributed by atoms with Crippen molar-refractivity contribution in [1.82, 2.24) is 0 Å². The Morgan fingerprint density at radius 2 is 2.12 bits per heavy atom. The zero-order valence-corrected chi connectivity index (χ0v) is 10.4. The van der Waals surface area contributed by atoms with Crippen molar-refractivity contribution in [3.8, 4) is 0 Å². The number of allylic oxidation sites excluding steroid dienone is 8. The molecule has 0 amide bonds. The maximum atomic E-state index is 4.59. The topological polar surface area (TPSA) is 0 Å². The van der Waals surface area contributed by atoms with Gasteiger partial charge in [0.25, 0.3) is 0 Å². The molecule has 0 nitrogen and oxygen atoms in total. The van der Waals surface area contributed by atoms with Gasteiger partial charge in [-0.3, -0.25) is 0 Å². The van der Waals surface area contributed by atoms with Crippen LogP contribution in [0.15, 0.2) is 47.6 Å². The van der Waals surface area contributed by atoms with Gasteiger partial charge in [0.1, 0.15) is 0 Å². The van der Waals surface area contributed by atoms with Gasteiger partial charge >= 0.3 is 0 Å². The molecule has 0 N–H and O–H groups in total. The zero-order chi connectivity index (χ0) is 11.0. The third-order valence-electron chi connectivity index (χ3n) is 4.20. The Hall–Kier alpha value is -0.690. The maximum absolute atomic E-state index is 4.59. The van der Waals surface area contributed by atoms with Gasteiger partial charge in [-0.1, -0.05) is 36.5 Å². The molecule has 0 aromatic carbocycles. The molecule has 0 fully saturated rings. The Bertz CT molecular complexity index is 398. The lowest BCUT2D eigenvalue weighted by molar-refractivity contribution is 0.292. The van der Waals surface area contributed by atoms with Gasteiger partial charge in [0.15, 0.2) is 0 Å². The van der Waals surface area contributed by atoms with Crippen LogP contribution in [0.1, 0.15) is 19.3 Å². The first-order valence-electron chi connectivity index (χ1n) is 6.26. The van der Waals surface area contributed by atoms with Crippen molar-refractivity contribution in [2.45, 2.75) is 19.3 Å². The summed E-state index contributed by atoms with van der Waals surface area (Å²) in [6, 6.07) is 0.